The van der Waals surface area contributed by atoms with E-state index in [4.69, 9.17) is 14.2 Å². The molecular formula is C18H19NO6S. The van der Waals surface area contributed by atoms with Crippen molar-refractivity contribution in [1.82, 2.24) is 0 Å². The van der Waals surface area contributed by atoms with Gasteiger partial charge in [-0.1, -0.05) is 13.3 Å². The highest BCUT2D eigenvalue weighted by molar-refractivity contribution is 7.14. The molecule has 2 heterocycles. The number of thiophene rings is 1. The lowest BCUT2D eigenvalue weighted by molar-refractivity contribution is -0.385. The largest absolute Gasteiger partial charge is 0.467 e. The summed E-state index contributed by atoms with van der Waals surface area (Å²) in [5.74, 6) is 0.0523. The number of hydrogen-bond acceptors (Lipinski definition) is 7. The van der Waals surface area contributed by atoms with Crippen LogP contribution in [0.15, 0.2) is 18.2 Å². The normalized spacial score (nSPS) is 13.0. The van der Waals surface area contributed by atoms with Gasteiger partial charge in [-0.3, -0.25) is 10.1 Å². The van der Waals surface area contributed by atoms with E-state index < -0.39 is 10.9 Å². The molecule has 0 amide bonds. The molecule has 0 saturated heterocycles. The predicted molar refractivity (Wildman–Crippen MR) is 95.6 cm³/mol. The fourth-order valence-corrected chi connectivity index (χ4v) is 3.81. The van der Waals surface area contributed by atoms with Crippen LogP contribution < -0.4 is 4.74 Å². The van der Waals surface area contributed by atoms with Crippen LogP contribution in [0.1, 0.15) is 44.6 Å². The zero-order chi connectivity index (χ0) is 18.7. The van der Waals surface area contributed by atoms with Gasteiger partial charge in [-0.05, 0) is 25.0 Å². The molecule has 0 bridgehead atoms. The molecule has 0 atom stereocenters. The number of non-ortho nitro benzene ring substituents is 1. The van der Waals surface area contributed by atoms with E-state index in [0.717, 1.165) is 23.3 Å². The minimum absolute atomic E-state index is 0.0657. The Labute approximate surface area is 154 Å². The molecule has 0 fully saturated rings. The predicted octanol–water partition coefficient (Wildman–Crippen LogP) is 4.14. The van der Waals surface area contributed by atoms with Gasteiger partial charge in [-0.15, -0.1) is 11.3 Å². The molecule has 1 aliphatic rings. The molecule has 1 aliphatic heterocycles. The Balaban J connectivity index is 1.78. The number of benzene rings is 1. The second kappa shape index (κ2) is 7.84. The number of carbonyl (C=O) groups excluding carboxylic acids is 1. The van der Waals surface area contributed by atoms with E-state index in [1.165, 1.54) is 23.5 Å². The number of aryl methyl sites for hydroxylation is 2. The topological polar surface area (TPSA) is 87.9 Å². The fraction of sp³-hybridized carbons (Fsp3) is 0.389. The summed E-state index contributed by atoms with van der Waals surface area (Å²) in [4.78, 5) is 24.6. The van der Waals surface area contributed by atoms with Crippen LogP contribution >= 0.6 is 11.3 Å². The standard InChI is InChI=1S/C18H19NO6S/c1-3-4-12-7-16(26-11(12)2)18(20)24-9-14-6-15(19(21)22)5-13-8-23-10-25-17(13)14/h5-7H,3-4,8-10H2,1-2H3. The third-order valence-electron chi connectivity index (χ3n) is 4.08. The number of carbonyl (C=O) groups is 1. The molecule has 26 heavy (non-hydrogen) atoms. The Bertz CT molecular complexity index is 844. The van der Waals surface area contributed by atoms with Gasteiger partial charge in [0.1, 0.15) is 17.2 Å². The van der Waals surface area contributed by atoms with Gasteiger partial charge in [-0.25, -0.2) is 4.79 Å². The first kappa shape index (κ1) is 18.3. The summed E-state index contributed by atoms with van der Waals surface area (Å²) in [7, 11) is 0. The maximum atomic E-state index is 12.4. The summed E-state index contributed by atoms with van der Waals surface area (Å²) in [5, 5.41) is 11.1. The highest BCUT2D eigenvalue weighted by Crippen LogP contribution is 2.33. The molecule has 2 aromatic rings. The van der Waals surface area contributed by atoms with Crippen molar-refractivity contribution in [3.63, 3.8) is 0 Å². The van der Waals surface area contributed by atoms with Crippen molar-refractivity contribution in [3.05, 3.63) is 54.8 Å². The first-order valence-corrected chi connectivity index (χ1v) is 9.08. The number of ether oxygens (including phenoxy) is 3. The van der Waals surface area contributed by atoms with Crippen LogP contribution in [-0.4, -0.2) is 17.7 Å². The molecule has 0 spiro atoms. The van der Waals surface area contributed by atoms with E-state index in [9.17, 15) is 14.9 Å². The van der Waals surface area contributed by atoms with E-state index in [-0.39, 0.29) is 25.7 Å². The molecular weight excluding hydrogens is 358 g/mol. The van der Waals surface area contributed by atoms with Crippen LogP contribution in [0.2, 0.25) is 0 Å². The zero-order valence-corrected chi connectivity index (χ0v) is 15.4. The molecule has 0 unspecified atom stereocenters. The highest BCUT2D eigenvalue weighted by Gasteiger charge is 2.22. The van der Waals surface area contributed by atoms with Crippen molar-refractivity contribution in [2.75, 3.05) is 6.79 Å². The van der Waals surface area contributed by atoms with Crippen molar-refractivity contribution in [2.24, 2.45) is 0 Å². The summed E-state index contributed by atoms with van der Waals surface area (Å²) >= 11 is 1.40. The van der Waals surface area contributed by atoms with Crippen LogP contribution in [0.25, 0.3) is 0 Å². The minimum Gasteiger partial charge on any atom is -0.467 e. The van der Waals surface area contributed by atoms with Gasteiger partial charge in [0.05, 0.1) is 11.5 Å². The molecule has 0 N–H and O–H groups in total. The molecule has 0 radical (unpaired) electrons. The number of rotatable bonds is 6. The third-order valence-corrected chi connectivity index (χ3v) is 5.16. The first-order valence-electron chi connectivity index (χ1n) is 8.26. The monoisotopic (exact) mass is 377 g/mol. The Morgan fingerprint density at radius 1 is 1.35 bits per heavy atom. The number of hydrogen-bond donors (Lipinski definition) is 0. The van der Waals surface area contributed by atoms with Crippen LogP contribution in [-0.2, 0) is 29.1 Å². The number of nitro benzene ring substituents is 1. The van der Waals surface area contributed by atoms with Gasteiger partial charge >= 0.3 is 5.97 Å². The van der Waals surface area contributed by atoms with Crippen LogP contribution in [0.4, 0.5) is 5.69 Å². The molecule has 0 saturated carbocycles. The number of nitro groups is 1. The molecule has 1 aromatic heterocycles. The van der Waals surface area contributed by atoms with E-state index in [1.54, 1.807) is 0 Å². The summed E-state index contributed by atoms with van der Waals surface area (Å²) in [6, 6.07) is 4.65. The van der Waals surface area contributed by atoms with Crippen molar-refractivity contribution >= 4 is 23.0 Å². The highest BCUT2D eigenvalue weighted by atomic mass is 32.1. The first-order chi connectivity index (χ1) is 12.5. The maximum absolute atomic E-state index is 12.4. The molecule has 7 nitrogen and oxygen atoms in total. The van der Waals surface area contributed by atoms with Crippen LogP contribution in [0.3, 0.4) is 0 Å². The Morgan fingerprint density at radius 2 is 2.15 bits per heavy atom. The zero-order valence-electron chi connectivity index (χ0n) is 14.6. The van der Waals surface area contributed by atoms with E-state index in [1.807, 2.05) is 13.0 Å². The average molecular weight is 377 g/mol. The Kier molecular flexibility index (Phi) is 5.53. The quantitative estimate of drug-likeness (QED) is 0.427. The van der Waals surface area contributed by atoms with Crippen molar-refractivity contribution in [1.29, 1.82) is 0 Å². The molecule has 8 heteroatoms. The number of nitrogens with zero attached hydrogens (tertiary/aromatic N) is 1. The second-order valence-electron chi connectivity index (χ2n) is 5.98. The van der Waals surface area contributed by atoms with Gasteiger partial charge in [0, 0.05) is 28.1 Å². The summed E-state index contributed by atoms with van der Waals surface area (Å²) in [6.45, 7) is 4.27. The lowest BCUT2D eigenvalue weighted by atomic mass is 10.1. The van der Waals surface area contributed by atoms with Gasteiger partial charge < -0.3 is 14.2 Å². The van der Waals surface area contributed by atoms with Crippen molar-refractivity contribution in [2.45, 2.75) is 39.9 Å². The lowest BCUT2D eigenvalue weighted by Gasteiger charge is -2.20. The van der Waals surface area contributed by atoms with Gasteiger partial charge in [-0.2, -0.15) is 0 Å². The lowest BCUT2D eigenvalue weighted by Crippen LogP contribution is -2.14. The van der Waals surface area contributed by atoms with Crippen LogP contribution in [0, 0.1) is 17.0 Å². The van der Waals surface area contributed by atoms with Gasteiger partial charge in [0.2, 0.25) is 0 Å². The Hall–Kier alpha value is -2.45. The average Bonchev–Trinajstić information content (AvgIpc) is 3.00. The Morgan fingerprint density at radius 3 is 2.88 bits per heavy atom. The number of fused-ring (bicyclic) bond motifs is 1. The maximum Gasteiger partial charge on any atom is 0.348 e. The van der Waals surface area contributed by atoms with E-state index >= 15 is 0 Å². The van der Waals surface area contributed by atoms with Gasteiger partial charge in [0.15, 0.2) is 6.79 Å². The smallest absolute Gasteiger partial charge is 0.348 e. The molecule has 138 valence electrons. The van der Waals surface area contributed by atoms with E-state index in [0.29, 0.717) is 21.8 Å². The van der Waals surface area contributed by atoms with Crippen molar-refractivity contribution in [3.8, 4) is 5.75 Å². The molecule has 3 rings (SSSR count). The second-order valence-corrected chi connectivity index (χ2v) is 7.24. The fourth-order valence-electron chi connectivity index (χ4n) is 2.85. The van der Waals surface area contributed by atoms with Gasteiger partial charge in [0.25, 0.3) is 5.69 Å². The van der Waals surface area contributed by atoms with E-state index in [2.05, 4.69) is 6.92 Å². The summed E-state index contributed by atoms with van der Waals surface area (Å²) < 4.78 is 16.0. The third kappa shape index (κ3) is 3.86. The minimum atomic E-state index is -0.486. The molecule has 0 aliphatic carbocycles. The molecule has 1 aromatic carbocycles. The van der Waals surface area contributed by atoms with Crippen molar-refractivity contribution < 1.29 is 23.9 Å². The SMILES string of the molecule is CCCc1cc(C(=O)OCc2cc([N+](=O)[O-])cc3c2OCOC3)sc1C. The van der Waals surface area contributed by atoms with Crippen LogP contribution in [0.5, 0.6) is 5.75 Å². The number of esters is 1. The summed E-state index contributed by atoms with van der Waals surface area (Å²) in [6.07, 6.45) is 1.92. The summed E-state index contributed by atoms with van der Waals surface area (Å²) in [5.41, 5.74) is 2.11.